The minimum Gasteiger partial charge on any atom is -0.355 e. The molecule has 98 valence electrons. The van der Waals surface area contributed by atoms with E-state index in [1.54, 1.807) is 0 Å². The number of nitrogens with one attached hydrogen (secondary N) is 2. The maximum absolute atomic E-state index is 11.6. The topological polar surface area (TPSA) is 87.5 Å². The molecule has 1 atom stereocenters. The van der Waals surface area contributed by atoms with Gasteiger partial charge < -0.3 is 16.4 Å². The standard InChI is InChI=1S/C11H22N4O2/c1-9(16)13-4-5-14-11(17)8-15-6-2-3-10(15)7-12/h10H,2-8,12H2,1H3,(H,13,16)(H,14,17). The van der Waals surface area contributed by atoms with Crippen LogP contribution in [0.25, 0.3) is 0 Å². The third kappa shape index (κ3) is 5.14. The Morgan fingerprint density at radius 2 is 2.06 bits per heavy atom. The molecular weight excluding hydrogens is 220 g/mol. The molecule has 0 aliphatic carbocycles. The number of hydrogen-bond acceptors (Lipinski definition) is 4. The fourth-order valence-corrected chi connectivity index (χ4v) is 2.05. The highest BCUT2D eigenvalue weighted by atomic mass is 16.2. The maximum atomic E-state index is 11.6. The molecule has 1 unspecified atom stereocenters. The molecule has 0 aromatic heterocycles. The number of amides is 2. The minimum atomic E-state index is -0.0815. The second kappa shape index (κ2) is 7.24. The summed E-state index contributed by atoms with van der Waals surface area (Å²) in [5, 5.41) is 5.40. The van der Waals surface area contributed by atoms with Gasteiger partial charge in [-0.2, -0.15) is 0 Å². The van der Waals surface area contributed by atoms with Gasteiger partial charge in [-0.25, -0.2) is 0 Å². The quantitative estimate of drug-likeness (QED) is 0.503. The highest BCUT2D eigenvalue weighted by Crippen LogP contribution is 2.14. The maximum Gasteiger partial charge on any atom is 0.234 e. The summed E-state index contributed by atoms with van der Waals surface area (Å²) in [4.78, 5) is 24.3. The lowest BCUT2D eigenvalue weighted by molar-refractivity contribution is -0.123. The largest absolute Gasteiger partial charge is 0.355 e. The van der Waals surface area contributed by atoms with E-state index in [4.69, 9.17) is 5.73 Å². The van der Waals surface area contributed by atoms with Crippen LogP contribution in [0.2, 0.25) is 0 Å². The number of rotatable bonds is 6. The van der Waals surface area contributed by atoms with Gasteiger partial charge in [-0.3, -0.25) is 14.5 Å². The second-order valence-electron chi connectivity index (χ2n) is 4.34. The van der Waals surface area contributed by atoms with Gasteiger partial charge in [0.15, 0.2) is 0 Å². The molecule has 0 aromatic carbocycles. The van der Waals surface area contributed by atoms with Crippen molar-refractivity contribution in [3.63, 3.8) is 0 Å². The van der Waals surface area contributed by atoms with Gasteiger partial charge in [0.25, 0.3) is 0 Å². The first kappa shape index (κ1) is 13.9. The van der Waals surface area contributed by atoms with Crippen molar-refractivity contribution in [1.29, 1.82) is 0 Å². The van der Waals surface area contributed by atoms with Crippen molar-refractivity contribution in [2.45, 2.75) is 25.8 Å². The predicted molar refractivity (Wildman–Crippen MR) is 65.3 cm³/mol. The van der Waals surface area contributed by atoms with Gasteiger partial charge >= 0.3 is 0 Å². The molecule has 1 saturated heterocycles. The average molecular weight is 242 g/mol. The Morgan fingerprint density at radius 3 is 2.71 bits per heavy atom. The number of nitrogens with two attached hydrogens (primary N) is 1. The highest BCUT2D eigenvalue weighted by Gasteiger charge is 2.24. The summed E-state index contributed by atoms with van der Waals surface area (Å²) in [6.45, 7) is 4.36. The molecule has 0 spiro atoms. The number of hydrogen-bond donors (Lipinski definition) is 3. The molecule has 0 radical (unpaired) electrons. The molecule has 1 rings (SSSR count). The van der Waals surface area contributed by atoms with E-state index in [0.717, 1.165) is 19.4 Å². The Labute approximate surface area is 102 Å². The summed E-state index contributed by atoms with van der Waals surface area (Å²) in [5.41, 5.74) is 5.63. The van der Waals surface area contributed by atoms with Crippen molar-refractivity contribution < 1.29 is 9.59 Å². The van der Waals surface area contributed by atoms with Gasteiger partial charge in [0.05, 0.1) is 6.54 Å². The van der Waals surface area contributed by atoms with Gasteiger partial charge in [0.1, 0.15) is 0 Å². The van der Waals surface area contributed by atoms with Crippen LogP contribution in [-0.2, 0) is 9.59 Å². The zero-order chi connectivity index (χ0) is 12.7. The number of likely N-dealkylation sites (tertiary alicyclic amines) is 1. The summed E-state index contributed by atoms with van der Waals surface area (Å²) in [6, 6.07) is 0.344. The molecule has 4 N–H and O–H groups in total. The Bertz CT molecular complexity index is 270. The van der Waals surface area contributed by atoms with Crippen LogP contribution in [0.3, 0.4) is 0 Å². The van der Waals surface area contributed by atoms with E-state index in [1.165, 1.54) is 6.92 Å². The molecule has 1 aliphatic rings. The first-order chi connectivity index (χ1) is 8.13. The van der Waals surface area contributed by atoms with Crippen molar-refractivity contribution >= 4 is 11.8 Å². The lowest BCUT2D eigenvalue weighted by Crippen LogP contribution is -2.44. The molecular formula is C11H22N4O2. The number of carbonyl (C=O) groups is 2. The lowest BCUT2D eigenvalue weighted by Gasteiger charge is -2.22. The third-order valence-electron chi connectivity index (χ3n) is 2.94. The van der Waals surface area contributed by atoms with Gasteiger partial charge in [0, 0.05) is 32.6 Å². The lowest BCUT2D eigenvalue weighted by atomic mass is 10.2. The molecule has 0 saturated carbocycles. The number of nitrogens with zero attached hydrogens (tertiary/aromatic N) is 1. The third-order valence-corrected chi connectivity index (χ3v) is 2.94. The van der Waals surface area contributed by atoms with Crippen LogP contribution >= 0.6 is 0 Å². The van der Waals surface area contributed by atoms with Crippen molar-refractivity contribution in [3.8, 4) is 0 Å². The fourth-order valence-electron chi connectivity index (χ4n) is 2.05. The van der Waals surface area contributed by atoms with E-state index in [2.05, 4.69) is 15.5 Å². The Hall–Kier alpha value is -1.14. The Balaban J connectivity index is 2.14. The van der Waals surface area contributed by atoms with Crippen molar-refractivity contribution in [1.82, 2.24) is 15.5 Å². The van der Waals surface area contributed by atoms with Crippen LogP contribution in [0.1, 0.15) is 19.8 Å². The summed E-state index contributed by atoms with van der Waals surface area (Å²) < 4.78 is 0. The molecule has 0 aromatic rings. The SMILES string of the molecule is CC(=O)NCCNC(=O)CN1CCCC1CN. The fraction of sp³-hybridized carbons (Fsp3) is 0.818. The molecule has 1 aliphatic heterocycles. The summed E-state index contributed by atoms with van der Waals surface area (Å²) in [6.07, 6.45) is 2.19. The summed E-state index contributed by atoms with van der Waals surface area (Å²) in [5.74, 6) is -0.0855. The van der Waals surface area contributed by atoms with E-state index in [1.807, 2.05) is 0 Å². The van der Waals surface area contributed by atoms with Crippen LogP contribution in [0.15, 0.2) is 0 Å². The van der Waals surface area contributed by atoms with Gasteiger partial charge in [-0.15, -0.1) is 0 Å². The van der Waals surface area contributed by atoms with Crippen molar-refractivity contribution in [3.05, 3.63) is 0 Å². The van der Waals surface area contributed by atoms with E-state index in [9.17, 15) is 9.59 Å². The van der Waals surface area contributed by atoms with Crippen LogP contribution < -0.4 is 16.4 Å². The predicted octanol–water partition coefficient (Wildman–Crippen LogP) is -1.34. The summed E-state index contributed by atoms with van der Waals surface area (Å²) >= 11 is 0. The number of carbonyl (C=O) groups excluding carboxylic acids is 2. The Morgan fingerprint density at radius 1 is 1.35 bits per heavy atom. The van der Waals surface area contributed by atoms with E-state index in [0.29, 0.717) is 32.2 Å². The van der Waals surface area contributed by atoms with Crippen molar-refractivity contribution in [2.75, 3.05) is 32.7 Å². The van der Waals surface area contributed by atoms with Crippen LogP contribution in [0.4, 0.5) is 0 Å². The molecule has 1 fully saturated rings. The second-order valence-corrected chi connectivity index (χ2v) is 4.34. The zero-order valence-corrected chi connectivity index (χ0v) is 10.4. The normalized spacial score (nSPS) is 20.2. The molecule has 6 nitrogen and oxygen atoms in total. The Kier molecular flexibility index (Phi) is 5.93. The van der Waals surface area contributed by atoms with E-state index in [-0.39, 0.29) is 11.8 Å². The first-order valence-corrected chi connectivity index (χ1v) is 6.08. The van der Waals surface area contributed by atoms with E-state index < -0.39 is 0 Å². The van der Waals surface area contributed by atoms with Crippen molar-refractivity contribution in [2.24, 2.45) is 5.73 Å². The first-order valence-electron chi connectivity index (χ1n) is 6.08. The monoisotopic (exact) mass is 242 g/mol. The van der Waals surface area contributed by atoms with Gasteiger partial charge in [-0.05, 0) is 19.4 Å². The van der Waals surface area contributed by atoms with Crippen LogP contribution in [0.5, 0.6) is 0 Å². The molecule has 0 bridgehead atoms. The zero-order valence-electron chi connectivity index (χ0n) is 10.4. The van der Waals surface area contributed by atoms with E-state index >= 15 is 0 Å². The van der Waals surface area contributed by atoms with Gasteiger partial charge in [-0.1, -0.05) is 0 Å². The molecule has 2 amide bonds. The highest BCUT2D eigenvalue weighted by molar-refractivity contribution is 5.78. The van der Waals surface area contributed by atoms with Crippen LogP contribution in [0, 0.1) is 0 Å². The molecule has 1 heterocycles. The molecule has 17 heavy (non-hydrogen) atoms. The molecule has 6 heteroatoms. The summed E-state index contributed by atoms with van der Waals surface area (Å²) in [7, 11) is 0. The van der Waals surface area contributed by atoms with Gasteiger partial charge in [0.2, 0.25) is 11.8 Å². The average Bonchev–Trinajstić information content (AvgIpc) is 2.71. The van der Waals surface area contributed by atoms with Crippen LogP contribution in [-0.4, -0.2) is 55.5 Å². The minimum absolute atomic E-state index is 0.00398. The smallest absolute Gasteiger partial charge is 0.234 e.